The first-order chi connectivity index (χ1) is 12.9. The Labute approximate surface area is 162 Å². The van der Waals surface area contributed by atoms with Crippen LogP contribution in [0.3, 0.4) is 0 Å². The number of nitrogens with zero attached hydrogens (tertiary/aromatic N) is 1. The minimum Gasteiger partial charge on any atom is -0.462 e. The average Bonchev–Trinajstić information content (AvgIpc) is 2.65. The van der Waals surface area contributed by atoms with Gasteiger partial charge >= 0.3 is 5.97 Å². The van der Waals surface area contributed by atoms with Crippen LogP contribution in [-0.2, 0) is 9.53 Å². The van der Waals surface area contributed by atoms with Crippen LogP contribution in [0.5, 0.6) is 0 Å². The van der Waals surface area contributed by atoms with Crippen LogP contribution in [0.2, 0.25) is 5.02 Å². The molecule has 0 saturated heterocycles. The van der Waals surface area contributed by atoms with Gasteiger partial charge in [-0.25, -0.2) is 4.79 Å². The second-order valence-corrected chi connectivity index (χ2v) is 5.96. The lowest BCUT2D eigenvalue weighted by Crippen LogP contribution is -2.15. The van der Waals surface area contributed by atoms with E-state index in [1.165, 1.54) is 18.3 Å². The van der Waals surface area contributed by atoms with Crippen molar-refractivity contribution >= 4 is 34.9 Å². The van der Waals surface area contributed by atoms with Crippen molar-refractivity contribution < 1.29 is 14.3 Å². The van der Waals surface area contributed by atoms with Gasteiger partial charge in [0.05, 0.1) is 12.2 Å². The Balaban J connectivity index is 2.07. The van der Waals surface area contributed by atoms with Crippen LogP contribution in [0.4, 0.5) is 11.4 Å². The third kappa shape index (κ3) is 5.59. The summed E-state index contributed by atoms with van der Waals surface area (Å²) in [6, 6.07) is 13.3. The molecule has 0 spiro atoms. The number of carbonyl (C=O) groups is 2. The van der Waals surface area contributed by atoms with E-state index in [0.29, 0.717) is 22.0 Å². The number of anilines is 2. The van der Waals surface area contributed by atoms with Gasteiger partial charge in [-0.1, -0.05) is 17.7 Å². The Morgan fingerprint density at radius 3 is 2.56 bits per heavy atom. The molecule has 2 aromatic carbocycles. The predicted molar refractivity (Wildman–Crippen MR) is 105 cm³/mol. The van der Waals surface area contributed by atoms with Gasteiger partial charge in [-0.05, 0) is 55.8 Å². The minimum atomic E-state index is -0.575. The highest BCUT2D eigenvalue weighted by atomic mass is 35.5. The summed E-state index contributed by atoms with van der Waals surface area (Å²) in [6.07, 6.45) is 1.32. The lowest BCUT2D eigenvalue weighted by molar-refractivity contribution is -0.112. The summed E-state index contributed by atoms with van der Waals surface area (Å²) in [6.45, 7) is 3.89. The highest BCUT2D eigenvalue weighted by Gasteiger charge is 2.11. The number of hydrogen-bond acceptors (Lipinski definition) is 5. The lowest BCUT2D eigenvalue weighted by atomic mass is 10.2. The highest BCUT2D eigenvalue weighted by Crippen LogP contribution is 2.20. The van der Waals surface area contributed by atoms with Crippen LogP contribution >= 0.6 is 11.6 Å². The van der Waals surface area contributed by atoms with E-state index in [1.54, 1.807) is 31.2 Å². The fraction of sp³-hybridized carbons (Fsp3) is 0.150. The molecule has 0 unspecified atom stereocenters. The standard InChI is InChI=1S/C20H18ClN3O3/c1-3-27-20(26)14-5-8-17(9-6-14)24-19(25)15(11-22)12-23-18-10-16(21)7-4-13(18)2/h4-10,12,23H,3H2,1-2H3,(H,24,25)/b15-12-. The molecule has 0 fully saturated rings. The molecule has 27 heavy (non-hydrogen) atoms. The van der Waals surface area contributed by atoms with Crippen LogP contribution in [0, 0.1) is 18.3 Å². The first kappa shape index (κ1) is 20.0. The Hall–Kier alpha value is -3.30. The van der Waals surface area contributed by atoms with Crippen molar-refractivity contribution in [1.82, 2.24) is 0 Å². The summed E-state index contributed by atoms with van der Waals surface area (Å²) in [5, 5.41) is 15.3. The van der Waals surface area contributed by atoms with Gasteiger partial charge in [0.25, 0.3) is 5.91 Å². The molecule has 6 nitrogen and oxygen atoms in total. The van der Waals surface area contributed by atoms with E-state index in [9.17, 15) is 14.9 Å². The van der Waals surface area contributed by atoms with E-state index in [4.69, 9.17) is 16.3 Å². The van der Waals surface area contributed by atoms with Gasteiger partial charge < -0.3 is 15.4 Å². The number of amides is 1. The number of nitriles is 1. The molecule has 0 aliphatic carbocycles. The Morgan fingerprint density at radius 2 is 1.93 bits per heavy atom. The normalized spacial score (nSPS) is 10.7. The molecule has 0 aromatic heterocycles. The average molecular weight is 384 g/mol. The zero-order chi connectivity index (χ0) is 19.8. The number of carbonyl (C=O) groups excluding carboxylic acids is 2. The summed E-state index contributed by atoms with van der Waals surface area (Å²) in [4.78, 5) is 23.9. The smallest absolute Gasteiger partial charge is 0.338 e. The molecule has 0 aliphatic heterocycles. The molecule has 0 aliphatic rings. The van der Waals surface area contributed by atoms with Crippen LogP contribution < -0.4 is 10.6 Å². The molecular formula is C20H18ClN3O3. The molecule has 2 aromatic rings. The third-order valence-electron chi connectivity index (χ3n) is 3.59. The van der Waals surface area contributed by atoms with Gasteiger partial charge in [0.1, 0.15) is 11.6 Å². The Kier molecular flexibility index (Phi) is 6.98. The van der Waals surface area contributed by atoms with Gasteiger partial charge in [0, 0.05) is 22.6 Å². The van der Waals surface area contributed by atoms with E-state index in [0.717, 1.165) is 5.56 Å². The lowest BCUT2D eigenvalue weighted by Gasteiger charge is -2.08. The monoisotopic (exact) mass is 383 g/mol. The maximum Gasteiger partial charge on any atom is 0.338 e. The van der Waals surface area contributed by atoms with Crippen LogP contribution in [0.15, 0.2) is 54.2 Å². The predicted octanol–water partition coefficient (Wildman–Crippen LogP) is 4.28. The fourth-order valence-electron chi connectivity index (χ4n) is 2.15. The minimum absolute atomic E-state index is 0.108. The summed E-state index contributed by atoms with van der Waals surface area (Å²) in [7, 11) is 0. The third-order valence-corrected chi connectivity index (χ3v) is 3.83. The van der Waals surface area contributed by atoms with Crippen molar-refractivity contribution in [3.05, 3.63) is 70.4 Å². The maximum absolute atomic E-state index is 12.3. The summed E-state index contributed by atoms with van der Waals surface area (Å²) in [5.74, 6) is -1.01. The number of ether oxygens (including phenoxy) is 1. The topological polar surface area (TPSA) is 91.2 Å². The molecule has 0 heterocycles. The molecule has 7 heteroatoms. The zero-order valence-corrected chi connectivity index (χ0v) is 15.6. The number of benzene rings is 2. The molecule has 0 saturated carbocycles. The van der Waals surface area contributed by atoms with Crippen molar-refractivity contribution in [2.75, 3.05) is 17.2 Å². The molecule has 2 rings (SSSR count). The molecule has 0 atom stereocenters. The van der Waals surface area contributed by atoms with Gasteiger partial charge in [0.15, 0.2) is 0 Å². The highest BCUT2D eigenvalue weighted by molar-refractivity contribution is 6.30. The van der Waals surface area contributed by atoms with Crippen LogP contribution in [0.25, 0.3) is 0 Å². The quantitative estimate of drug-likeness (QED) is 0.441. The van der Waals surface area contributed by atoms with Gasteiger partial charge in [-0.15, -0.1) is 0 Å². The first-order valence-electron chi connectivity index (χ1n) is 8.16. The van der Waals surface area contributed by atoms with Crippen molar-refractivity contribution in [3.8, 4) is 6.07 Å². The number of rotatable bonds is 6. The number of halogens is 1. The zero-order valence-electron chi connectivity index (χ0n) is 14.9. The molecular weight excluding hydrogens is 366 g/mol. The molecule has 138 valence electrons. The first-order valence-corrected chi connectivity index (χ1v) is 8.54. The second-order valence-electron chi connectivity index (χ2n) is 5.53. The number of nitrogens with one attached hydrogen (secondary N) is 2. The van der Waals surface area contributed by atoms with Gasteiger partial charge in [0.2, 0.25) is 0 Å². The van der Waals surface area contributed by atoms with Crippen LogP contribution in [0.1, 0.15) is 22.8 Å². The van der Waals surface area contributed by atoms with Crippen molar-refractivity contribution in [2.45, 2.75) is 13.8 Å². The summed E-state index contributed by atoms with van der Waals surface area (Å²) >= 11 is 5.95. The van der Waals surface area contributed by atoms with E-state index >= 15 is 0 Å². The van der Waals surface area contributed by atoms with E-state index < -0.39 is 11.9 Å². The van der Waals surface area contributed by atoms with E-state index in [-0.39, 0.29) is 12.2 Å². The van der Waals surface area contributed by atoms with Gasteiger partial charge in [-0.2, -0.15) is 5.26 Å². The maximum atomic E-state index is 12.3. The van der Waals surface area contributed by atoms with Crippen LogP contribution in [-0.4, -0.2) is 18.5 Å². The second kappa shape index (κ2) is 9.41. The molecule has 0 radical (unpaired) electrons. The SMILES string of the molecule is CCOC(=O)c1ccc(NC(=O)/C(C#N)=C\Nc2cc(Cl)ccc2C)cc1. The van der Waals surface area contributed by atoms with E-state index in [1.807, 2.05) is 19.1 Å². The van der Waals surface area contributed by atoms with Crippen molar-refractivity contribution in [3.63, 3.8) is 0 Å². The summed E-state index contributed by atoms with van der Waals surface area (Å²) < 4.78 is 4.90. The van der Waals surface area contributed by atoms with Gasteiger partial charge in [-0.3, -0.25) is 4.79 Å². The molecule has 1 amide bonds. The fourth-order valence-corrected chi connectivity index (χ4v) is 2.32. The number of esters is 1. The molecule has 0 bridgehead atoms. The van der Waals surface area contributed by atoms with Crippen molar-refractivity contribution in [2.24, 2.45) is 0 Å². The summed E-state index contributed by atoms with van der Waals surface area (Å²) in [5.41, 5.74) is 2.34. The Morgan fingerprint density at radius 1 is 1.22 bits per heavy atom. The largest absolute Gasteiger partial charge is 0.462 e. The number of hydrogen-bond donors (Lipinski definition) is 2. The van der Waals surface area contributed by atoms with Crippen molar-refractivity contribution in [1.29, 1.82) is 5.26 Å². The molecule has 2 N–H and O–H groups in total. The number of aryl methyl sites for hydroxylation is 1. The Bertz CT molecular complexity index is 915. The van der Waals surface area contributed by atoms with E-state index in [2.05, 4.69) is 10.6 Å².